The third kappa shape index (κ3) is 2.97. The van der Waals surface area contributed by atoms with E-state index in [9.17, 15) is 4.79 Å². The Labute approximate surface area is 126 Å². The molecular weight excluding hydrogens is 324 g/mol. The van der Waals surface area contributed by atoms with Crippen LogP contribution in [0.15, 0.2) is 16.6 Å². The molecule has 6 heteroatoms. The number of carbonyl (C=O) groups is 1. The Hall–Kier alpha value is -1.11. The number of halogens is 1. The minimum absolute atomic E-state index is 0.0797. The highest BCUT2D eigenvalue weighted by Gasteiger charge is 2.23. The smallest absolute Gasteiger partial charge is 0.250 e. The van der Waals surface area contributed by atoms with E-state index in [0.29, 0.717) is 26.3 Å². The van der Waals surface area contributed by atoms with Crippen molar-refractivity contribution in [2.24, 2.45) is 0 Å². The Kier molecular flexibility index (Phi) is 4.24. The first kappa shape index (κ1) is 13.9. The van der Waals surface area contributed by atoms with Crippen molar-refractivity contribution in [3.63, 3.8) is 0 Å². The Morgan fingerprint density at radius 1 is 1.45 bits per heavy atom. The first-order valence-electron chi connectivity index (χ1n) is 6.78. The molecule has 20 heavy (non-hydrogen) atoms. The van der Waals surface area contributed by atoms with Gasteiger partial charge in [0.1, 0.15) is 11.9 Å². The van der Waals surface area contributed by atoms with Gasteiger partial charge in [-0.3, -0.25) is 4.79 Å². The molecule has 0 aromatic heterocycles. The fourth-order valence-electron chi connectivity index (χ4n) is 2.51. The maximum absolute atomic E-state index is 12.0. The van der Waals surface area contributed by atoms with E-state index < -0.39 is 6.10 Å². The van der Waals surface area contributed by atoms with Crippen LogP contribution in [0, 0.1) is 0 Å². The van der Waals surface area contributed by atoms with E-state index in [2.05, 4.69) is 32.6 Å². The zero-order chi connectivity index (χ0) is 13.9. The van der Waals surface area contributed by atoms with Gasteiger partial charge in [0.05, 0.1) is 13.2 Å². The van der Waals surface area contributed by atoms with E-state index in [1.807, 2.05) is 6.07 Å². The average Bonchev–Trinajstić information content (AvgIpc) is 2.93. The molecule has 1 atom stereocenters. The molecule has 2 aliphatic rings. The summed E-state index contributed by atoms with van der Waals surface area (Å²) < 4.78 is 12.1. The van der Waals surface area contributed by atoms with Crippen molar-refractivity contribution >= 4 is 21.8 Å². The summed E-state index contributed by atoms with van der Waals surface area (Å²) in [6, 6.07) is 4.06. The summed E-state index contributed by atoms with van der Waals surface area (Å²) in [5, 5.41) is 6.07. The van der Waals surface area contributed by atoms with Crippen LogP contribution in [-0.4, -0.2) is 38.3 Å². The second-order valence-corrected chi connectivity index (χ2v) is 5.85. The molecule has 5 nitrogen and oxygen atoms in total. The Balaban J connectivity index is 1.65. The lowest BCUT2D eigenvalue weighted by Crippen LogP contribution is -2.47. The molecule has 2 heterocycles. The zero-order valence-electron chi connectivity index (χ0n) is 11.1. The summed E-state index contributed by atoms with van der Waals surface area (Å²) >= 11 is 3.50. The van der Waals surface area contributed by atoms with Crippen LogP contribution in [-0.2, 0) is 22.5 Å². The number of hydrogen-bond acceptors (Lipinski definition) is 4. The SMILES string of the molecule is O=C(NCc1cc(Br)cc2c1OCC2)C1CNCCO1. The van der Waals surface area contributed by atoms with E-state index in [0.717, 1.165) is 28.8 Å². The molecule has 0 bridgehead atoms. The summed E-state index contributed by atoms with van der Waals surface area (Å²) in [4.78, 5) is 12.0. The molecular formula is C14H17BrN2O3. The second kappa shape index (κ2) is 6.11. The third-order valence-corrected chi connectivity index (χ3v) is 3.96. The van der Waals surface area contributed by atoms with Crippen LogP contribution in [0.5, 0.6) is 5.75 Å². The number of hydrogen-bond donors (Lipinski definition) is 2. The summed E-state index contributed by atoms with van der Waals surface area (Å²) in [6.45, 7) is 3.12. The molecule has 0 saturated carbocycles. The molecule has 1 aromatic rings. The van der Waals surface area contributed by atoms with Crippen LogP contribution in [0.1, 0.15) is 11.1 Å². The van der Waals surface area contributed by atoms with Gasteiger partial charge in [0, 0.05) is 36.1 Å². The molecule has 2 N–H and O–H groups in total. The standard InChI is InChI=1S/C14H17BrN2O3/c15-11-5-9-1-3-20-13(9)10(6-11)7-17-14(18)12-8-16-2-4-19-12/h5-6,12,16H,1-4,7-8H2,(H,17,18). The first-order valence-corrected chi connectivity index (χ1v) is 7.57. The highest BCUT2D eigenvalue weighted by molar-refractivity contribution is 9.10. The van der Waals surface area contributed by atoms with Gasteiger partial charge in [-0.2, -0.15) is 0 Å². The number of ether oxygens (including phenoxy) is 2. The van der Waals surface area contributed by atoms with Gasteiger partial charge in [-0.25, -0.2) is 0 Å². The van der Waals surface area contributed by atoms with Crippen molar-refractivity contribution in [1.29, 1.82) is 0 Å². The molecule has 1 saturated heterocycles. The second-order valence-electron chi connectivity index (χ2n) is 4.93. The summed E-state index contributed by atoms with van der Waals surface area (Å²) in [5.41, 5.74) is 2.20. The maximum Gasteiger partial charge on any atom is 0.250 e. The summed E-state index contributed by atoms with van der Waals surface area (Å²) in [7, 11) is 0. The third-order valence-electron chi connectivity index (χ3n) is 3.50. The minimum Gasteiger partial charge on any atom is -0.493 e. The Morgan fingerprint density at radius 2 is 2.35 bits per heavy atom. The first-order chi connectivity index (χ1) is 9.74. The lowest BCUT2D eigenvalue weighted by atomic mass is 10.1. The quantitative estimate of drug-likeness (QED) is 0.861. The van der Waals surface area contributed by atoms with Crippen LogP contribution in [0.2, 0.25) is 0 Å². The van der Waals surface area contributed by atoms with Gasteiger partial charge in [-0.1, -0.05) is 15.9 Å². The van der Waals surface area contributed by atoms with E-state index >= 15 is 0 Å². The van der Waals surface area contributed by atoms with Gasteiger partial charge >= 0.3 is 0 Å². The lowest BCUT2D eigenvalue weighted by molar-refractivity contribution is -0.134. The number of carbonyl (C=O) groups excluding carboxylic acids is 1. The number of rotatable bonds is 3. The Morgan fingerprint density at radius 3 is 3.15 bits per heavy atom. The molecule has 0 spiro atoms. The van der Waals surface area contributed by atoms with Gasteiger partial charge in [0.2, 0.25) is 0 Å². The van der Waals surface area contributed by atoms with Gasteiger partial charge in [-0.15, -0.1) is 0 Å². The van der Waals surface area contributed by atoms with Crippen LogP contribution in [0.25, 0.3) is 0 Å². The van der Waals surface area contributed by atoms with E-state index in [1.165, 1.54) is 5.56 Å². The van der Waals surface area contributed by atoms with Crippen LogP contribution in [0.4, 0.5) is 0 Å². The molecule has 1 unspecified atom stereocenters. The molecule has 3 rings (SSSR count). The molecule has 2 aliphatic heterocycles. The van der Waals surface area contributed by atoms with Crippen LogP contribution < -0.4 is 15.4 Å². The van der Waals surface area contributed by atoms with Crippen LogP contribution >= 0.6 is 15.9 Å². The number of nitrogens with one attached hydrogen (secondary N) is 2. The molecule has 1 fully saturated rings. The van der Waals surface area contributed by atoms with E-state index in [1.54, 1.807) is 0 Å². The van der Waals surface area contributed by atoms with Gasteiger partial charge < -0.3 is 20.1 Å². The topological polar surface area (TPSA) is 59.6 Å². The number of morpholine rings is 1. The van der Waals surface area contributed by atoms with Crippen molar-refractivity contribution in [2.45, 2.75) is 19.1 Å². The number of benzene rings is 1. The van der Waals surface area contributed by atoms with Crippen molar-refractivity contribution in [1.82, 2.24) is 10.6 Å². The maximum atomic E-state index is 12.0. The van der Waals surface area contributed by atoms with Gasteiger partial charge in [-0.05, 0) is 17.7 Å². The lowest BCUT2D eigenvalue weighted by Gasteiger charge is -2.22. The zero-order valence-corrected chi connectivity index (χ0v) is 12.7. The van der Waals surface area contributed by atoms with Crippen molar-refractivity contribution < 1.29 is 14.3 Å². The largest absolute Gasteiger partial charge is 0.493 e. The predicted molar refractivity (Wildman–Crippen MR) is 77.8 cm³/mol. The Bertz CT molecular complexity index is 515. The molecule has 1 aromatic carbocycles. The van der Waals surface area contributed by atoms with E-state index in [4.69, 9.17) is 9.47 Å². The van der Waals surface area contributed by atoms with Crippen molar-refractivity contribution in [3.05, 3.63) is 27.7 Å². The molecule has 0 radical (unpaired) electrons. The molecule has 1 amide bonds. The summed E-state index contributed by atoms with van der Waals surface area (Å²) in [5.74, 6) is 0.833. The molecule has 108 valence electrons. The average molecular weight is 341 g/mol. The van der Waals surface area contributed by atoms with Gasteiger partial charge in [0.15, 0.2) is 0 Å². The fourth-order valence-corrected chi connectivity index (χ4v) is 3.06. The van der Waals surface area contributed by atoms with Crippen molar-refractivity contribution in [3.8, 4) is 5.75 Å². The normalized spacial score (nSPS) is 21.1. The predicted octanol–water partition coefficient (Wildman–Crippen LogP) is 0.989. The molecule has 0 aliphatic carbocycles. The summed E-state index contributed by atoms with van der Waals surface area (Å²) in [6.07, 6.45) is 0.524. The van der Waals surface area contributed by atoms with Gasteiger partial charge in [0.25, 0.3) is 5.91 Å². The minimum atomic E-state index is -0.398. The highest BCUT2D eigenvalue weighted by Crippen LogP contribution is 2.32. The van der Waals surface area contributed by atoms with E-state index in [-0.39, 0.29) is 5.91 Å². The monoisotopic (exact) mass is 340 g/mol. The van der Waals surface area contributed by atoms with Crippen molar-refractivity contribution in [2.75, 3.05) is 26.3 Å². The number of amides is 1. The fraction of sp³-hybridized carbons (Fsp3) is 0.500. The highest BCUT2D eigenvalue weighted by atomic mass is 79.9. The number of fused-ring (bicyclic) bond motifs is 1. The van der Waals surface area contributed by atoms with Crippen LogP contribution in [0.3, 0.4) is 0 Å².